The van der Waals surface area contributed by atoms with Crippen LogP contribution >= 0.6 is 0 Å². The monoisotopic (exact) mass is 610 g/mol. The molecule has 1 atom stereocenters. The van der Waals surface area contributed by atoms with Crippen molar-refractivity contribution in [3.63, 3.8) is 0 Å². The highest BCUT2D eigenvalue weighted by molar-refractivity contribution is 6.04. The number of aromatic nitrogens is 1. The van der Waals surface area contributed by atoms with E-state index in [1.807, 2.05) is 19.1 Å². The maximum atomic E-state index is 13.2. The topological polar surface area (TPSA) is 84.0 Å². The molecule has 234 valence electrons. The Bertz CT molecular complexity index is 1440. The molecule has 5 rings (SSSR count). The molecule has 0 unspecified atom stereocenters. The number of hydrogen-bond acceptors (Lipinski definition) is 7. The van der Waals surface area contributed by atoms with Crippen LogP contribution in [0.4, 0.5) is 24.7 Å². The van der Waals surface area contributed by atoms with Crippen LogP contribution in [0.15, 0.2) is 60.8 Å². The van der Waals surface area contributed by atoms with Crippen molar-refractivity contribution in [3.05, 3.63) is 77.5 Å². The van der Waals surface area contributed by atoms with Gasteiger partial charge in [0.15, 0.2) is 0 Å². The zero-order chi connectivity index (χ0) is 31.3. The van der Waals surface area contributed by atoms with Gasteiger partial charge in [0.05, 0.1) is 24.2 Å². The minimum absolute atomic E-state index is 0.0776. The molecule has 2 aliphatic heterocycles. The number of carbonyl (C=O) groups excluding carboxylic acids is 2. The first-order chi connectivity index (χ1) is 21.1. The minimum atomic E-state index is -4.42. The van der Waals surface area contributed by atoms with Gasteiger partial charge in [-0.3, -0.25) is 14.5 Å². The first-order valence-corrected chi connectivity index (χ1v) is 14.9. The molecule has 1 aromatic heterocycles. The van der Waals surface area contributed by atoms with E-state index in [0.717, 1.165) is 68.8 Å². The fraction of sp³-hybridized carbons (Fsp3) is 0.424. The summed E-state index contributed by atoms with van der Waals surface area (Å²) in [7, 11) is 1.68. The van der Waals surface area contributed by atoms with Crippen molar-refractivity contribution in [1.29, 1.82) is 0 Å². The molecule has 3 heterocycles. The van der Waals surface area contributed by atoms with E-state index in [2.05, 4.69) is 20.1 Å². The number of likely N-dealkylation sites (tertiary alicyclic amines) is 1. The minimum Gasteiger partial charge on any atom is -0.466 e. The van der Waals surface area contributed by atoms with E-state index in [9.17, 15) is 22.8 Å². The average molecular weight is 611 g/mol. The number of pyridine rings is 1. The number of ether oxygens (including phenoxy) is 2. The van der Waals surface area contributed by atoms with E-state index in [1.165, 1.54) is 12.1 Å². The number of halogens is 3. The molecular formula is C33H37F3N4O4. The maximum Gasteiger partial charge on any atom is 0.416 e. The van der Waals surface area contributed by atoms with Crippen LogP contribution in [0.1, 0.15) is 47.7 Å². The van der Waals surface area contributed by atoms with E-state index in [0.29, 0.717) is 35.7 Å². The Morgan fingerprint density at radius 3 is 2.32 bits per heavy atom. The van der Waals surface area contributed by atoms with E-state index in [4.69, 9.17) is 9.47 Å². The summed E-state index contributed by atoms with van der Waals surface area (Å²) >= 11 is 0. The lowest BCUT2D eigenvalue weighted by Crippen LogP contribution is -2.37. The quantitative estimate of drug-likeness (QED) is 0.297. The Morgan fingerprint density at radius 2 is 1.70 bits per heavy atom. The predicted molar refractivity (Wildman–Crippen MR) is 161 cm³/mol. The van der Waals surface area contributed by atoms with Crippen molar-refractivity contribution in [1.82, 2.24) is 9.88 Å². The molecule has 2 saturated heterocycles. The molecule has 44 heavy (non-hydrogen) atoms. The third-order valence-electron chi connectivity index (χ3n) is 8.32. The molecule has 0 aliphatic carbocycles. The molecule has 0 spiro atoms. The van der Waals surface area contributed by atoms with Crippen LogP contribution in [0.3, 0.4) is 0 Å². The molecule has 1 N–H and O–H groups in total. The lowest BCUT2D eigenvalue weighted by Gasteiger charge is -2.32. The average Bonchev–Trinajstić information content (AvgIpc) is 3.49. The van der Waals surface area contributed by atoms with Crippen molar-refractivity contribution in [2.24, 2.45) is 5.92 Å². The zero-order valence-corrected chi connectivity index (χ0v) is 24.9. The summed E-state index contributed by atoms with van der Waals surface area (Å²) in [5.41, 5.74) is 2.89. The molecular weight excluding hydrogens is 573 g/mol. The van der Waals surface area contributed by atoms with Gasteiger partial charge in [-0.05, 0) is 79.8 Å². The molecule has 8 nitrogen and oxygen atoms in total. The fourth-order valence-corrected chi connectivity index (χ4v) is 5.81. The Labute approximate surface area is 255 Å². The van der Waals surface area contributed by atoms with Crippen LogP contribution in [0.25, 0.3) is 11.1 Å². The molecule has 0 saturated carbocycles. The summed E-state index contributed by atoms with van der Waals surface area (Å²) in [6, 6.07) is 14.1. The number of esters is 1. The molecule has 2 aliphatic rings. The highest BCUT2D eigenvalue weighted by atomic mass is 19.4. The number of piperidine rings is 1. The number of alkyl halides is 3. The Balaban J connectivity index is 1.29. The number of methoxy groups -OCH3 is 1. The van der Waals surface area contributed by atoms with Gasteiger partial charge in [-0.1, -0.05) is 12.1 Å². The SMILES string of the molecule is CCOC(=O)C1CCN(c2ccc(C(=O)Nc3cc(CN4CC[C@H](OC)C4)c(-c4ccc(C(F)(F)F)cc4)cn3)cc2)CC1. The molecule has 1 amide bonds. The summed E-state index contributed by atoms with van der Waals surface area (Å²) in [4.78, 5) is 34.1. The number of hydrogen-bond donors (Lipinski definition) is 1. The van der Waals surface area contributed by atoms with Crippen LogP contribution in [0, 0.1) is 5.92 Å². The standard InChI is InChI=1S/C33H37F3N4O4/c1-3-44-32(42)24-12-16-40(17-13-24)27-10-6-23(7-11-27)31(41)38-30-18-25(20-39-15-14-28(21-39)43-2)29(19-37-30)22-4-8-26(9-5-22)33(34,35)36/h4-11,18-19,24,28H,3,12-17,20-21H2,1-2H3,(H,37,38,41)/t28-/m0/s1. The number of rotatable bonds is 9. The molecule has 11 heteroatoms. The molecule has 2 aromatic carbocycles. The summed E-state index contributed by atoms with van der Waals surface area (Å²) in [6.07, 6.45) is -0.363. The summed E-state index contributed by atoms with van der Waals surface area (Å²) in [5.74, 6) is -0.179. The summed E-state index contributed by atoms with van der Waals surface area (Å²) in [6.45, 7) is 5.75. The normalized spacial score (nSPS) is 17.9. The molecule has 3 aromatic rings. The van der Waals surface area contributed by atoms with Crippen LogP contribution in [0.5, 0.6) is 0 Å². The number of benzene rings is 2. The van der Waals surface area contributed by atoms with Crippen LogP contribution in [-0.4, -0.2) is 67.8 Å². The lowest BCUT2D eigenvalue weighted by molar-refractivity contribution is -0.148. The van der Waals surface area contributed by atoms with Crippen molar-refractivity contribution < 1.29 is 32.2 Å². The van der Waals surface area contributed by atoms with Gasteiger partial charge in [0, 0.05) is 62.8 Å². The second kappa shape index (κ2) is 13.8. The number of carbonyl (C=O) groups is 2. The van der Waals surface area contributed by atoms with Gasteiger partial charge in [0.1, 0.15) is 5.82 Å². The first kappa shape index (κ1) is 31.5. The Hall–Kier alpha value is -3.96. The van der Waals surface area contributed by atoms with Crippen molar-refractivity contribution in [2.45, 2.75) is 45.0 Å². The second-order valence-electron chi connectivity index (χ2n) is 11.2. The van der Waals surface area contributed by atoms with Crippen LogP contribution < -0.4 is 10.2 Å². The fourth-order valence-electron chi connectivity index (χ4n) is 5.81. The van der Waals surface area contributed by atoms with Crippen molar-refractivity contribution in [3.8, 4) is 11.1 Å². The van der Waals surface area contributed by atoms with Crippen molar-refractivity contribution >= 4 is 23.4 Å². The van der Waals surface area contributed by atoms with Gasteiger partial charge in [-0.2, -0.15) is 13.2 Å². The van der Waals surface area contributed by atoms with Gasteiger partial charge < -0.3 is 19.7 Å². The summed E-state index contributed by atoms with van der Waals surface area (Å²) < 4.78 is 50.1. The maximum absolute atomic E-state index is 13.2. The van der Waals surface area contributed by atoms with Gasteiger partial charge in [0.2, 0.25) is 0 Å². The predicted octanol–water partition coefficient (Wildman–Crippen LogP) is 6.02. The number of amides is 1. The van der Waals surface area contributed by atoms with E-state index >= 15 is 0 Å². The highest BCUT2D eigenvalue weighted by Crippen LogP contribution is 2.33. The van der Waals surface area contributed by atoms with E-state index in [-0.39, 0.29) is 23.9 Å². The zero-order valence-electron chi connectivity index (χ0n) is 24.9. The molecule has 0 bridgehead atoms. The number of nitrogens with one attached hydrogen (secondary N) is 1. The second-order valence-corrected chi connectivity index (χ2v) is 11.2. The molecule has 2 fully saturated rings. The third-order valence-corrected chi connectivity index (χ3v) is 8.32. The Morgan fingerprint density at radius 1 is 1.00 bits per heavy atom. The van der Waals surface area contributed by atoms with E-state index in [1.54, 1.807) is 31.5 Å². The number of nitrogens with zero attached hydrogens (tertiary/aromatic N) is 3. The van der Waals surface area contributed by atoms with E-state index < -0.39 is 11.7 Å². The molecule has 0 radical (unpaired) electrons. The largest absolute Gasteiger partial charge is 0.466 e. The van der Waals surface area contributed by atoms with Crippen LogP contribution in [-0.2, 0) is 27.0 Å². The smallest absolute Gasteiger partial charge is 0.416 e. The van der Waals surface area contributed by atoms with Gasteiger partial charge in [-0.25, -0.2) is 4.98 Å². The van der Waals surface area contributed by atoms with Crippen molar-refractivity contribution in [2.75, 3.05) is 50.1 Å². The summed E-state index contributed by atoms with van der Waals surface area (Å²) in [5, 5.41) is 2.87. The van der Waals surface area contributed by atoms with Gasteiger partial charge >= 0.3 is 12.1 Å². The third kappa shape index (κ3) is 7.57. The highest BCUT2D eigenvalue weighted by Gasteiger charge is 2.30. The van der Waals surface area contributed by atoms with Crippen LogP contribution in [0.2, 0.25) is 0 Å². The lowest BCUT2D eigenvalue weighted by atomic mass is 9.96. The van der Waals surface area contributed by atoms with Gasteiger partial charge in [-0.15, -0.1) is 0 Å². The Kier molecular flexibility index (Phi) is 9.85. The van der Waals surface area contributed by atoms with Gasteiger partial charge in [0.25, 0.3) is 5.91 Å². The number of anilines is 2. The first-order valence-electron chi connectivity index (χ1n) is 14.9.